The lowest BCUT2D eigenvalue weighted by molar-refractivity contribution is -0.150. The summed E-state index contributed by atoms with van der Waals surface area (Å²) in [5.74, 6) is 0.382. The van der Waals surface area contributed by atoms with E-state index < -0.39 is 38.1 Å². The molecule has 15 heteroatoms. The number of hydrogen-bond donors (Lipinski definition) is 3. The zero-order valence-corrected chi connectivity index (χ0v) is 24.7. The van der Waals surface area contributed by atoms with Gasteiger partial charge in [-0.2, -0.15) is 4.98 Å². The maximum absolute atomic E-state index is 12.8. The zero-order chi connectivity index (χ0) is 29.4. The SMILES string of the molecule is CCOc1ncnc2c1ncn2C1OC(COP(NC2(C(=O)OC(C)C)CC2)Oc2ccc(Cl)cc2)[C@@H](O)[C@@]1(C)O. The van der Waals surface area contributed by atoms with E-state index >= 15 is 0 Å². The van der Waals surface area contributed by atoms with Gasteiger partial charge in [0.15, 0.2) is 17.4 Å². The minimum absolute atomic E-state index is 0.165. The van der Waals surface area contributed by atoms with E-state index in [-0.39, 0.29) is 18.7 Å². The summed E-state index contributed by atoms with van der Waals surface area (Å²) in [4.78, 5) is 25.5. The van der Waals surface area contributed by atoms with Crippen LogP contribution in [0.5, 0.6) is 11.6 Å². The molecule has 1 saturated carbocycles. The number of carbonyl (C=O) groups is 1. The van der Waals surface area contributed by atoms with Gasteiger partial charge < -0.3 is 33.5 Å². The Balaban J connectivity index is 1.33. The van der Waals surface area contributed by atoms with Crippen LogP contribution in [0.15, 0.2) is 36.9 Å². The summed E-state index contributed by atoms with van der Waals surface area (Å²) >= 11 is 6.01. The lowest BCUT2D eigenvalue weighted by Gasteiger charge is -2.27. The molecule has 3 heterocycles. The van der Waals surface area contributed by atoms with Crippen LogP contribution in [0, 0.1) is 0 Å². The first-order valence-electron chi connectivity index (χ1n) is 13.3. The molecule has 0 spiro atoms. The lowest BCUT2D eigenvalue weighted by atomic mass is 9.96. The molecule has 222 valence electrons. The molecule has 13 nitrogen and oxygen atoms in total. The second-order valence-corrected chi connectivity index (χ2v) is 12.0. The Morgan fingerprint density at radius 3 is 2.66 bits per heavy atom. The molecule has 3 unspecified atom stereocenters. The van der Waals surface area contributed by atoms with Crippen molar-refractivity contribution in [3.63, 3.8) is 0 Å². The van der Waals surface area contributed by atoms with Crippen LogP contribution in [0.2, 0.25) is 5.02 Å². The molecule has 5 atom stereocenters. The van der Waals surface area contributed by atoms with Crippen molar-refractivity contribution in [2.75, 3.05) is 13.2 Å². The number of nitrogens with zero attached hydrogens (tertiary/aromatic N) is 4. The summed E-state index contributed by atoms with van der Waals surface area (Å²) in [5.41, 5.74) is -1.89. The monoisotopic (exact) mass is 609 g/mol. The van der Waals surface area contributed by atoms with Gasteiger partial charge in [0.2, 0.25) is 5.88 Å². The van der Waals surface area contributed by atoms with Crippen molar-refractivity contribution >= 4 is 37.3 Å². The van der Waals surface area contributed by atoms with Gasteiger partial charge in [0.05, 0.1) is 25.6 Å². The minimum Gasteiger partial charge on any atom is -0.476 e. The molecule has 3 aromatic rings. The van der Waals surface area contributed by atoms with Crippen LogP contribution in [0.25, 0.3) is 11.2 Å². The number of aliphatic hydroxyl groups excluding tert-OH is 1. The molecule has 2 aliphatic rings. The highest BCUT2D eigenvalue weighted by molar-refractivity contribution is 7.45. The van der Waals surface area contributed by atoms with Crippen LogP contribution in [0.4, 0.5) is 0 Å². The Hall–Kier alpha value is -2.64. The fraction of sp³-hybridized carbons (Fsp3) is 0.538. The average Bonchev–Trinajstić information content (AvgIpc) is 3.53. The van der Waals surface area contributed by atoms with Crippen molar-refractivity contribution in [1.82, 2.24) is 24.6 Å². The molecule has 2 aromatic heterocycles. The predicted molar refractivity (Wildman–Crippen MR) is 148 cm³/mol. The number of esters is 1. The van der Waals surface area contributed by atoms with Gasteiger partial charge in [-0.05, 0) is 64.8 Å². The highest BCUT2D eigenvalue weighted by atomic mass is 35.5. The topological polar surface area (TPSA) is 159 Å². The van der Waals surface area contributed by atoms with Crippen molar-refractivity contribution in [2.45, 2.75) is 76.2 Å². The number of aliphatic hydroxyl groups is 2. The Kier molecular flexibility index (Phi) is 8.68. The first-order chi connectivity index (χ1) is 19.5. The summed E-state index contributed by atoms with van der Waals surface area (Å²) in [6.45, 7) is 7.08. The normalized spacial score (nSPS) is 25.8. The summed E-state index contributed by atoms with van der Waals surface area (Å²) in [5, 5.41) is 26.1. The van der Waals surface area contributed by atoms with Crippen LogP contribution in [0.1, 0.15) is 46.8 Å². The minimum atomic E-state index is -1.91. The van der Waals surface area contributed by atoms with E-state index in [2.05, 4.69) is 20.0 Å². The summed E-state index contributed by atoms with van der Waals surface area (Å²) in [7, 11) is -1.91. The number of hydrogen-bond acceptors (Lipinski definition) is 12. The number of imidazole rings is 1. The van der Waals surface area contributed by atoms with Crippen molar-refractivity contribution in [1.29, 1.82) is 0 Å². The smallest absolute Gasteiger partial charge is 0.327 e. The number of rotatable bonds is 12. The van der Waals surface area contributed by atoms with E-state index in [1.165, 1.54) is 24.1 Å². The van der Waals surface area contributed by atoms with Crippen LogP contribution in [-0.2, 0) is 18.8 Å². The number of halogens is 1. The highest BCUT2D eigenvalue weighted by Gasteiger charge is 2.56. The molecule has 1 aliphatic carbocycles. The third-order valence-corrected chi connectivity index (χ3v) is 8.38. The number of nitrogens with one attached hydrogen (secondary N) is 1. The van der Waals surface area contributed by atoms with Gasteiger partial charge in [-0.3, -0.25) is 9.36 Å². The van der Waals surface area contributed by atoms with Crippen LogP contribution < -0.4 is 14.3 Å². The molecule has 0 amide bonds. The molecule has 1 aliphatic heterocycles. The van der Waals surface area contributed by atoms with Crippen molar-refractivity contribution in [2.24, 2.45) is 0 Å². The first-order valence-corrected chi connectivity index (χ1v) is 14.8. The largest absolute Gasteiger partial charge is 0.476 e. The van der Waals surface area contributed by atoms with E-state index in [0.29, 0.717) is 47.3 Å². The summed E-state index contributed by atoms with van der Waals surface area (Å²) < 4.78 is 30.8. The van der Waals surface area contributed by atoms with Crippen molar-refractivity contribution in [3.05, 3.63) is 41.9 Å². The number of carbonyl (C=O) groups excluding carboxylic acids is 1. The number of benzene rings is 1. The van der Waals surface area contributed by atoms with Crippen molar-refractivity contribution < 1.29 is 38.3 Å². The van der Waals surface area contributed by atoms with E-state index in [9.17, 15) is 15.0 Å². The van der Waals surface area contributed by atoms with E-state index in [1.54, 1.807) is 38.1 Å². The lowest BCUT2D eigenvalue weighted by Crippen LogP contribution is -2.44. The summed E-state index contributed by atoms with van der Waals surface area (Å²) in [6, 6.07) is 6.70. The molecular weight excluding hydrogens is 577 g/mol. The predicted octanol–water partition coefficient (Wildman–Crippen LogP) is 3.28. The highest BCUT2D eigenvalue weighted by Crippen LogP contribution is 2.48. The number of aromatic nitrogens is 4. The van der Waals surface area contributed by atoms with Crippen LogP contribution in [0.3, 0.4) is 0 Å². The molecule has 2 fully saturated rings. The van der Waals surface area contributed by atoms with Gasteiger partial charge in [0.1, 0.15) is 35.4 Å². The maximum atomic E-state index is 12.8. The number of fused-ring (bicyclic) bond motifs is 1. The van der Waals surface area contributed by atoms with Gasteiger partial charge >= 0.3 is 14.5 Å². The van der Waals surface area contributed by atoms with Gasteiger partial charge in [0, 0.05) is 5.02 Å². The molecule has 0 bridgehead atoms. The maximum Gasteiger partial charge on any atom is 0.327 e. The summed E-state index contributed by atoms with van der Waals surface area (Å²) in [6.07, 6.45) is 0.273. The van der Waals surface area contributed by atoms with Gasteiger partial charge in [-0.25, -0.2) is 15.1 Å². The molecule has 5 rings (SSSR count). The Bertz CT molecular complexity index is 1370. The second-order valence-electron chi connectivity index (χ2n) is 10.4. The number of ether oxygens (including phenoxy) is 3. The van der Waals surface area contributed by atoms with Gasteiger partial charge in [0.25, 0.3) is 0 Å². The first kappa shape index (κ1) is 29.8. The third kappa shape index (κ3) is 6.26. The second kappa shape index (κ2) is 11.9. The standard InChI is InChI=1S/C26H33ClN5O8P/c1-5-36-22-19-21(28-13-29-22)32(14-30-19)23-25(4,35)20(33)18(39-23)12-37-41(40-17-8-6-16(27)7-9-17)31-26(10-11-26)24(34)38-15(2)3/h6-9,13-15,18,20,23,31,33,35H,5,10-12H2,1-4H3/t18?,20-,23?,25-,41?/m1/s1. The molecule has 1 saturated heterocycles. The van der Waals surface area contributed by atoms with E-state index in [4.69, 9.17) is 34.9 Å². The van der Waals surface area contributed by atoms with Crippen molar-refractivity contribution in [3.8, 4) is 11.6 Å². The van der Waals surface area contributed by atoms with Crippen LogP contribution in [-0.4, -0.2) is 78.4 Å². The third-order valence-electron chi connectivity index (χ3n) is 6.76. The average molecular weight is 610 g/mol. The Morgan fingerprint density at radius 1 is 1.27 bits per heavy atom. The fourth-order valence-electron chi connectivity index (χ4n) is 4.42. The van der Waals surface area contributed by atoms with Gasteiger partial charge in [-0.1, -0.05) is 11.6 Å². The molecule has 3 N–H and O–H groups in total. The van der Waals surface area contributed by atoms with E-state index in [0.717, 1.165) is 0 Å². The van der Waals surface area contributed by atoms with E-state index in [1.807, 2.05) is 6.92 Å². The molecule has 1 aromatic carbocycles. The molecule has 41 heavy (non-hydrogen) atoms. The molecule has 0 radical (unpaired) electrons. The van der Waals surface area contributed by atoms with Gasteiger partial charge in [-0.15, -0.1) is 0 Å². The molecular formula is C26H33ClN5O8P. The fourth-order valence-corrected chi connectivity index (χ4v) is 5.97. The Morgan fingerprint density at radius 2 is 2.00 bits per heavy atom. The quantitative estimate of drug-likeness (QED) is 0.203. The van der Waals surface area contributed by atoms with Crippen LogP contribution >= 0.6 is 20.1 Å². The Labute approximate surface area is 243 Å². The zero-order valence-electron chi connectivity index (χ0n) is 23.1.